The van der Waals surface area contributed by atoms with Gasteiger partial charge in [-0.05, 0) is 30.7 Å². The van der Waals surface area contributed by atoms with Crippen LogP contribution in [0.3, 0.4) is 0 Å². The van der Waals surface area contributed by atoms with Crippen molar-refractivity contribution in [2.75, 3.05) is 40.0 Å². The van der Waals surface area contributed by atoms with Crippen molar-refractivity contribution < 1.29 is 14.3 Å². The molecule has 5 nitrogen and oxygen atoms in total. The maximum absolute atomic E-state index is 12.5. The lowest BCUT2D eigenvalue weighted by atomic mass is 9.89. The number of carbonyl (C=O) groups is 1. The van der Waals surface area contributed by atoms with Crippen LogP contribution in [0.5, 0.6) is 0 Å². The number of hydrogen-bond donors (Lipinski definition) is 1. The Hall–Kier alpha value is -0.950. The molecule has 0 spiro atoms. The summed E-state index contributed by atoms with van der Waals surface area (Å²) in [6.07, 6.45) is 3.03. The van der Waals surface area contributed by atoms with Gasteiger partial charge in [-0.15, -0.1) is 11.3 Å². The van der Waals surface area contributed by atoms with Crippen LogP contribution in [0.1, 0.15) is 17.7 Å². The third-order valence-corrected chi connectivity index (χ3v) is 5.76. The van der Waals surface area contributed by atoms with Crippen LogP contribution in [0.15, 0.2) is 17.5 Å². The smallest absolute Gasteiger partial charge is 0.224 e. The molecule has 0 radical (unpaired) electrons. The maximum atomic E-state index is 12.5. The molecule has 1 aromatic rings. The number of piperidine rings is 1. The van der Waals surface area contributed by atoms with Gasteiger partial charge in [0.15, 0.2) is 0 Å². The van der Waals surface area contributed by atoms with Gasteiger partial charge in [0.25, 0.3) is 0 Å². The molecule has 6 heteroatoms. The van der Waals surface area contributed by atoms with Crippen molar-refractivity contribution in [2.24, 2.45) is 5.92 Å². The van der Waals surface area contributed by atoms with Crippen LogP contribution >= 0.6 is 11.3 Å². The van der Waals surface area contributed by atoms with E-state index in [2.05, 4.69) is 21.7 Å². The number of rotatable bonds is 7. The highest BCUT2D eigenvalue weighted by molar-refractivity contribution is 7.09. The zero-order valence-electron chi connectivity index (χ0n) is 13.7. The van der Waals surface area contributed by atoms with E-state index in [0.717, 1.165) is 39.0 Å². The summed E-state index contributed by atoms with van der Waals surface area (Å²) in [6.45, 7) is 3.92. The Balaban J connectivity index is 1.50. The van der Waals surface area contributed by atoms with Gasteiger partial charge >= 0.3 is 0 Å². The van der Waals surface area contributed by atoms with Gasteiger partial charge in [-0.25, -0.2) is 0 Å². The van der Waals surface area contributed by atoms with Crippen molar-refractivity contribution in [1.82, 2.24) is 10.2 Å². The molecule has 0 unspecified atom stereocenters. The molecule has 3 heterocycles. The van der Waals surface area contributed by atoms with Crippen molar-refractivity contribution in [3.63, 3.8) is 0 Å². The molecule has 1 amide bonds. The summed E-state index contributed by atoms with van der Waals surface area (Å²) in [5.74, 6) is 0.187. The Morgan fingerprint density at radius 3 is 3.26 bits per heavy atom. The third-order valence-electron chi connectivity index (χ3n) is 4.82. The first-order valence-corrected chi connectivity index (χ1v) is 9.30. The molecular weight excluding hydrogens is 312 g/mol. The largest absolute Gasteiger partial charge is 0.383 e. The Morgan fingerprint density at radius 2 is 2.48 bits per heavy atom. The fourth-order valence-electron chi connectivity index (χ4n) is 3.62. The number of amides is 1. The molecule has 2 aliphatic heterocycles. The fourth-order valence-corrected chi connectivity index (χ4v) is 4.33. The van der Waals surface area contributed by atoms with Gasteiger partial charge in [0.2, 0.25) is 5.91 Å². The van der Waals surface area contributed by atoms with Crippen LogP contribution in [0.4, 0.5) is 0 Å². The lowest BCUT2D eigenvalue weighted by Crippen LogP contribution is -2.53. The molecule has 1 aromatic heterocycles. The summed E-state index contributed by atoms with van der Waals surface area (Å²) in [5, 5.41) is 5.17. The molecular formula is C17H26N2O3S. The van der Waals surface area contributed by atoms with Crippen molar-refractivity contribution in [3.05, 3.63) is 22.4 Å². The number of hydrogen-bond acceptors (Lipinski definition) is 5. The maximum Gasteiger partial charge on any atom is 0.224 e. The quantitative estimate of drug-likeness (QED) is 0.819. The molecule has 0 bridgehead atoms. The summed E-state index contributed by atoms with van der Waals surface area (Å²) in [7, 11) is 1.72. The van der Waals surface area contributed by atoms with Crippen molar-refractivity contribution >= 4 is 17.2 Å². The van der Waals surface area contributed by atoms with Crippen LogP contribution in [0, 0.1) is 5.92 Å². The topological polar surface area (TPSA) is 50.8 Å². The van der Waals surface area contributed by atoms with Gasteiger partial charge in [-0.2, -0.15) is 0 Å². The number of methoxy groups -OCH3 is 1. The molecule has 1 N–H and O–H groups in total. The Labute approximate surface area is 142 Å². The van der Waals surface area contributed by atoms with Crippen LogP contribution in [0.25, 0.3) is 0 Å². The fraction of sp³-hybridized carbons (Fsp3) is 0.706. The van der Waals surface area contributed by atoms with E-state index in [1.165, 1.54) is 4.88 Å². The van der Waals surface area contributed by atoms with Crippen molar-refractivity contribution in [3.8, 4) is 0 Å². The van der Waals surface area contributed by atoms with Crippen LogP contribution in [-0.4, -0.2) is 62.9 Å². The third kappa shape index (κ3) is 4.32. The Morgan fingerprint density at radius 1 is 1.57 bits per heavy atom. The molecule has 23 heavy (non-hydrogen) atoms. The first kappa shape index (κ1) is 16.9. The van der Waals surface area contributed by atoms with Gasteiger partial charge in [-0.1, -0.05) is 6.07 Å². The summed E-state index contributed by atoms with van der Waals surface area (Å²) in [6, 6.07) is 4.62. The second kappa shape index (κ2) is 8.24. The lowest BCUT2D eigenvalue weighted by Gasteiger charge is -2.40. The summed E-state index contributed by atoms with van der Waals surface area (Å²) in [4.78, 5) is 16.2. The minimum atomic E-state index is 0.0227. The van der Waals surface area contributed by atoms with Gasteiger partial charge in [0.1, 0.15) is 0 Å². The standard InChI is InChI=1S/C17H26N2O3S/c1-21-9-7-19-12-13(11-16-15(19)5-8-22-16)17(20)18-6-4-14-3-2-10-23-14/h2-3,10,13,15-16H,4-9,11-12H2,1H3,(H,18,20)/t13-,15-,16-/m0/s1. The number of carbonyl (C=O) groups excluding carboxylic acids is 1. The number of ether oxygens (including phenoxy) is 2. The van der Waals surface area contributed by atoms with E-state index < -0.39 is 0 Å². The minimum absolute atomic E-state index is 0.0227. The van der Waals surface area contributed by atoms with E-state index in [1.807, 2.05) is 6.07 Å². The molecule has 2 aliphatic rings. The molecule has 128 valence electrons. The second-order valence-corrected chi connectivity index (χ2v) is 7.34. The average Bonchev–Trinajstić information content (AvgIpc) is 3.23. The average molecular weight is 338 g/mol. The Kier molecular flexibility index (Phi) is 6.05. The number of fused-ring (bicyclic) bond motifs is 1. The summed E-state index contributed by atoms with van der Waals surface area (Å²) >= 11 is 1.74. The van der Waals surface area contributed by atoms with Crippen molar-refractivity contribution in [1.29, 1.82) is 0 Å². The minimum Gasteiger partial charge on any atom is -0.383 e. The van der Waals surface area contributed by atoms with Crippen LogP contribution in [-0.2, 0) is 20.7 Å². The number of likely N-dealkylation sites (tertiary alicyclic amines) is 1. The normalized spacial score (nSPS) is 27.8. The van der Waals surface area contributed by atoms with E-state index >= 15 is 0 Å². The molecule has 0 aliphatic carbocycles. The van der Waals surface area contributed by atoms with Gasteiger partial charge < -0.3 is 14.8 Å². The first-order valence-electron chi connectivity index (χ1n) is 8.42. The number of nitrogens with one attached hydrogen (secondary N) is 1. The van der Waals surface area contributed by atoms with Gasteiger partial charge in [0.05, 0.1) is 18.6 Å². The summed E-state index contributed by atoms with van der Waals surface area (Å²) < 4.78 is 11.1. The number of thiophene rings is 1. The number of nitrogens with zero attached hydrogens (tertiary/aromatic N) is 1. The van der Waals surface area contributed by atoms with E-state index in [1.54, 1.807) is 18.4 Å². The van der Waals surface area contributed by atoms with E-state index in [0.29, 0.717) is 19.2 Å². The molecule has 0 aromatic carbocycles. The van der Waals surface area contributed by atoms with Crippen molar-refractivity contribution in [2.45, 2.75) is 31.4 Å². The molecule has 2 saturated heterocycles. The van der Waals surface area contributed by atoms with E-state index in [9.17, 15) is 4.79 Å². The SMILES string of the molecule is COCCN1C[C@@H](C(=O)NCCc2cccs2)C[C@@H]2OCC[C@@H]21. The van der Waals surface area contributed by atoms with Gasteiger partial charge in [0, 0.05) is 44.3 Å². The monoisotopic (exact) mass is 338 g/mol. The zero-order valence-corrected chi connectivity index (χ0v) is 14.5. The highest BCUT2D eigenvalue weighted by Gasteiger charge is 2.41. The van der Waals surface area contributed by atoms with E-state index in [-0.39, 0.29) is 17.9 Å². The first-order chi connectivity index (χ1) is 11.3. The highest BCUT2D eigenvalue weighted by Crippen LogP contribution is 2.31. The van der Waals surface area contributed by atoms with Crippen LogP contribution < -0.4 is 5.32 Å². The van der Waals surface area contributed by atoms with Crippen LogP contribution in [0.2, 0.25) is 0 Å². The van der Waals surface area contributed by atoms with E-state index in [4.69, 9.17) is 9.47 Å². The Bertz CT molecular complexity index is 494. The molecule has 3 atom stereocenters. The molecule has 3 rings (SSSR count). The predicted octanol–water partition coefficient (Wildman–Crippen LogP) is 1.53. The summed E-state index contributed by atoms with van der Waals surface area (Å²) in [5.41, 5.74) is 0. The zero-order chi connectivity index (χ0) is 16.1. The molecule has 0 saturated carbocycles. The molecule has 2 fully saturated rings. The second-order valence-electron chi connectivity index (χ2n) is 6.31. The highest BCUT2D eigenvalue weighted by atomic mass is 32.1. The predicted molar refractivity (Wildman–Crippen MR) is 90.7 cm³/mol. The lowest BCUT2D eigenvalue weighted by molar-refractivity contribution is -0.129. The van der Waals surface area contributed by atoms with Gasteiger partial charge in [-0.3, -0.25) is 9.69 Å².